The molecule has 1 aromatic heterocycles. The highest BCUT2D eigenvalue weighted by molar-refractivity contribution is 7.13. The van der Waals surface area contributed by atoms with Crippen molar-refractivity contribution in [1.82, 2.24) is 14.6 Å². The van der Waals surface area contributed by atoms with Crippen molar-refractivity contribution in [1.29, 1.82) is 0 Å². The van der Waals surface area contributed by atoms with Gasteiger partial charge in [0.1, 0.15) is 17.2 Å². The molecule has 5 aliphatic rings. The van der Waals surface area contributed by atoms with E-state index in [9.17, 15) is 9.59 Å². The summed E-state index contributed by atoms with van der Waals surface area (Å²) in [5.41, 5.74) is -0.108. The van der Waals surface area contributed by atoms with Gasteiger partial charge in [0, 0.05) is 24.4 Å². The molecule has 2 N–H and O–H groups in total. The van der Waals surface area contributed by atoms with E-state index >= 15 is 0 Å². The van der Waals surface area contributed by atoms with Crippen molar-refractivity contribution in [2.24, 2.45) is 34.6 Å². The van der Waals surface area contributed by atoms with E-state index in [0.717, 1.165) is 62.1 Å². The van der Waals surface area contributed by atoms with Gasteiger partial charge in [0.25, 0.3) is 0 Å². The minimum absolute atomic E-state index is 0.0149. The second-order valence-corrected chi connectivity index (χ2v) is 11.7. The van der Waals surface area contributed by atoms with Crippen LogP contribution in [0.2, 0.25) is 0 Å². The second kappa shape index (κ2) is 7.77. The fourth-order valence-electron chi connectivity index (χ4n) is 7.56. The number of anilines is 1. The molecule has 2 amide bonds. The van der Waals surface area contributed by atoms with Gasteiger partial charge in [-0.15, -0.1) is 0 Å². The average molecular weight is 478 g/mol. The zero-order chi connectivity index (χ0) is 22.9. The molecule has 7 nitrogen and oxygen atoms in total. The normalized spacial score (nSPS) is 37.1. The maximum Gasteiger partial charge on any atom is 0.233 e. The molecule has 5 fully saturated rings. The first-order chi connectivity index (χ1) is 16.7. The SMILES string of the molecule is O=C1[C@@H]2[C@H]3CC[C@H](C3)[C@@H]2C(=O)N1C[C@@H]1CCCC[C@]12NC2=NCCNc1nsc2ccccc12. The molecule has 0 radical (unpaired) electrons. The summed E-state index contributed by atoms with van der Waals surface area (Å²) in [5.74, 6) is 3.41. The van der Waals surface area contributed by atoms with E-state index in [2.05, 4.69) is 27.1 Å². The predicted molar refractivity (Wildman–Crippen MR) is 133 cm³/mol. The van der Waals surface area contributed by atoms with E-state index in [4.69, 9.17) is 4.99 Å². The number of amidine groups is 1. The van der Waals surface area contributed by atoms with Gasteiger partial charge in [-0.25, -0.2) is 0 Å². The number of likely N-dealkylation sites (tertiary alicyclic amines) is 1. The van der Waals surface area contributed by atoms with E-state index in [0.29, 0.717) is 24.9 Å². The molecular formula is C26H31N5O2S. The molecule has 1 spiro atoms. The lowest BCUT2D eigenvalue weighted by molar-refractivity contribution is -0.141. The molecule has 3 aliphatic carbocycles. The van der Waals surface area contributed by atoms with Crippen molar-refractivity contribution in [3.63, 3.8) is 0 Å². The van der Waals surface area contributed by atoms with Crippen LogP contribution in [0.3, 0.4) is 0 Å². The third kappa shape index (κ3) is 3.06. The number of benzene rings is 1. The first-order valence-electron chi connectivity index (χ1n) is 12.9. The number of fused-ring (bicyclic) bond motifs is 6. The van der Waals surface area contributed by atoms with Gasteiger partial charge in [-0.2, -0.15) is 4.37 Å². The number of nitrogens with zero attached hydrogens (tertiary/aromatic N) is 3. The van der Waals surface area contributed by atoms with Crippen LogP contribution in [0.1, 0.15) is 44.9 Å². The molecule has 2 bridgehead atoms. The Kier molecular flexibility index (Phi) is 4.76. The Hall–Kier alpha value is -2.48. The summed E-state index contributed by atoms with van der Waals surface area (Å²) < 4.78 is 5.72. The van der Waals surface area contributed by atoms with Gasteiger partial charge in [0.15, 0.2) is 0 Å². The minimum Gasteiger partial charge on any atom is -0.367 e. The number of nitrogens with one attached hydrogen (secondary N) is 2. The third-order valence-corrected chi connectivity index (χ3v) is 10.1. The van der Waals surface area contributed by atoms with E-state index < -0.39 is 0 Å². The molecule has 1 aromatic carbocycles. The first kappa shape index (κ1) is 20.9. The second-order valence-electron chi connectivity index (χ2n) is 10.9. The summed E-state index contributed by atoms with van der Waals surface area (Å²) in [7, 11) is 0. The predicted octanol–water partition coefficient (Wildman–Crippen LogP) is 3.67. The van der Waals surface area contributed by atoms with Crippen LogP contribution in [0.25, 0.3) is 10.1 Å². The number of aliphatic imine (C=N–C) groups is 1. The topological polar surface area (TPSA) is 96.6 Å². The van der Waals surface area contributed by atoms with E-state index in [1.54, 1.807) is 4.90 Å². The van der Waals surface area contributed by atoms with Gasteiger partial charge < -0.3 is 10.6 Å². The first-order valence-corrected chi connectivity index (χ1v) is 13.7. The Balaban J connectivity index is 1.01. The van der Waals surface area contributed by atoms with Crippen LogP contribution in [0, 0.1) is 29.6 Å². The van der Waals surface area contributed by atoms with Crippen LogP contribution in [-0.4, -0.2) is 52.1 Å². The van der Waals surface area contributed by atoms with E-state index in [1.165, 1.54) is 22.7 Å². The number of carbonyl (C=O) groups excluding carboxylic acids is 2. The smallest absolute Gasteiger partial charge is 0.233 e. The number of carbonyl (C=O) groups is 2. The van der Waals surface area contributed by atoms with Crippen LogP contribution in [0.5, 0.6) is 0 Å². The maximum atomic E-state index is 13.2. The highest BCUT2D eigenvalue weighted by Gasteiger charge is 2.63. The van der Waals surface area contributed by atoms with Crippen molar-refractivity contribution in [2.45, 2.75) is 50.5 Å². The van der Waals surface area contributed by atoms with Gasteiger partial charge in [-0.05, 0) is 67.6 Å². The molecule has 3 heterocycles. The van der Waals surface area contributed by atoms with Crippen LogP contribution in [0.4, 0.5) is 5.82 Å². The van der Waals surface area contributed by atoms with Crippen LogP contribution in [0.15, 0.2) is 29.3 Å². The standard InChI is InChI=1S/C26H31N5O2S/c32-23-20-15-8-9-16(13-15)21(20)24(33)31(23)14-17-5-3-4-10-26(17)25(29-26)28-12-11-27-22-18-6-1-2-7-19(18)34-30-22/h1-2,6-7,15-17,20-21H,3-5,8-14H2,(H,27,30)(H,28,29)/t15-,16+,17-,20+,21-,26-/m0/s1. The zero-order valence-corrected chi connectivity index (χ0v) is 20.2. The molecular weight excluding hydrogens is 446 g/mol. The van der Waals surface area contributed by atoms with Crippen molar-refractivity contribution < 1.29 is 9.59 Å². The Bertz CT molecular complexity index is 1160. The zero-order valence-electron chi connectivity index (χ0n) is 19.3. The third-order valence-electron chi connectivity index (χ3n) is 9.25. The lowest BCUT2D eigenvalue weighted by atomic mass is 9.78. The van der Waals surface area contributed by atoms with E-state index in [1.807, 2.05) is 12.1 Å². The van der Waals surface area contributed by atoms with Gasteiger partial charge in [-0.1, -0.05) is 25.0 Å². The number of amides is 2. The number of hydrogen-bond donors (Lipinski definition) is 2. The van der Waals surface area contributed by atoms with E-state index in [-0.39, 0.29) is 35.1 Å². The molecule has 2 saturated heterocycles. The summed E-state index contributed by atoms with van der Waals surface area (Å²) >= 11 is 1.51. The number of aromatic nitrogens is 1. The number of hydrogen-bond acceptors (Lipinski definition) is 6. The molecule has 178 valence electrons. The molecule has 2 aliphatic heterocycles. The molecule has 3 saturated carbocycles. The Morgan fingerprint density at radius 1 is 1.12 bits per heavy atom. The fourth-order valence-corrected chi connectivity index (χ4v) is 8.31. The lowest BCUT2D eigenvalue weighted by Crippen LogP contribution is -2.44. The van der Waals surface area contributed by atoms with Crippen LogP contribution < -0.4 is 10.6 Å². The van der Waals surface area contributed by atoms with Crippen LogP contribution >= 0.6 is 11.5 Å². The van der Waals surface area contributed by atoms with Crippen molar-refractivity contribution in [2.75, 3.05) is 25.0 Å². The number of imide groups is 1. The van der Waals surface area contributed by atoms with Crippen LogP contribution in [-0.2, 0) is 9.59 Å². The highest BCUT2D eigenvalue weighted by Crippen LogP contribution is 2.56. The number of rotatable bonds is 6. The van der Waals surface area contributed by atoms with Gasteiger partial charge in [0.2, 0.25) is 11.8 Å². The summed E-state index contributed by atoms with van der Waals surface area (Å²) in [4.78, 5) is 33.0. The quantitative estimate of drug-likeness (QED) is 0.376. The highest BCUT2D eigenvalue weighted by atomic mass is 32.1. The summed E-state index contributed by atoms with van der Waals surface area (Å²) in [6.07, 6.45) is 7.79. The molecule has 8 heteroatoms. The van der Waals surface area contributed by atoms with Gasteiger partial charge in [0.05, 0.1) is 23.1 Å². The molecule has 7 rings (SSSR count). The molecule has 6 atom stereocenters. The largest absolute Gasteiger partial charge is 0.367 e. The Morgan fingerprint density at radius 3 is 2.74 bits per heavy atom. The van der Waals surface area contributed by atoms with Gasteiger partial charge >= 0.3 is 0 Å². The monoisotopic (exact) mass is 477 g/mol. The molecule has 0 unspecified atom stereocenters. The van der Waals surface area contributed by atoms with Crippen molar-refractivity contribution in [3.8, 4) is 0 Å². The Morgan fingerprint density at radius 2 is 1.91 bits per heavy atom. The van der Waals surface area contributed by atoms with Crippen molar-refractivity contribution in [3.05, 3.63) is 24.3 Å². The molecule has 2 aromatic rings. The maximum absolute atomic E-state index is 13.2. The Labute approximate surface area is 203 Å². The van der Waals surface area contributed by atoms with Gasteiger partial charge in [-0.3, -0.25) is 19.5 Å². The summed E-state index contributed by atoms with van der Waals surface area (Å²) in [5, 5.41) is 8.19. The lowest BCUT2D eigenvalue weighted by Gasteiger charge is -2.32. The van der Waals surface area contributed by atoms with Crippen molar-refractivity contribution >= 4 is 45.1 Å². The molecule has 34 heavy (non-hydrogen) atoms. The minimum atomic E-state index is -0.108. The summed E-state index contributed by atoms with van der Waals surface area (Å²) in [6, 6.07) is 8.26. The summed E-state index contributed by atoms with van der Waals surface area (Å²) in [6.45, 7) is 1.98. The average Bonchev–Trinajstić information content (AvgIpc) is 3.29. The fraction of sp³-hybridized carbons (Fsp3) is 0.615.